The third kappa shape index (κ3) is 3.30. The van der Waals surface area contributed by atoms with Crippen molar-refractivity contribution in [3.05, 3.63) is 57.2 Å². The molecule has 1 atom stereocenters. The van der Waals surface area contributed by atoms with Crippen LogP contribution in [0.1, 0.15) is 18.7 Å². The molecule has 2 nitrogen and oxygen atoms in total. The minimum absolute atomic E-state index is 0.175. The summed E-state index contributed by atoms with van der Waals surface area (Å²) in [6.07, 6.45) is 1.81. The third-order valence-corrected chi connectivity index (χ3v) is 3.58. The second-order valence-electron chi connectivity index (χ2n) is 3.74. The van der Waals surface area contributed by atoms with Crippen LogP contribution in [0.5, 0.6) is 0 Å². The molecule has 17 heavy (non-hydrogen) atoms. The van der Waals surface area contributed by atoms with E-state index in [-0.39, 0.29) is 6.04 Å². The lowest BCUT2D eigenvalue weighted by Gasteiger charge is -2.16. The van der Waals surface area contributed by atoms with Crippen LogP contribution in [0.3, 0.4) is 0 Å². The highest BCUT2D eigenvalue weighted by Gasteiger charge is 2.08. The van der Waals surface area contributed by atoms with Crippen molar-refractivity contribution in [3.63, 3.8) is 0 Å². The van der Waals surface area contributed by atoms with Crippen LogP contribution in [-0.4, -0.2) is 4.98 Å². The predicted molar refractivity (Wildman–Crippen MR) is 78.1 cm³/mol. The van der Waals surface area contributed by atoms with Crippen molar-refractivity contribution in [2.45, 2.75) is 13.0 Å². The van der Waals surface area contributed by atoms with Crippen LogP contribution >= 0.6 is 31.9 Å². The summed E-state index contributed by atoms with van der Waals surface area (Å²) in [6, 6.07) is 12.2. The molecule has 0 saturated carbocycles. The highest BCUT2D eigenvalue weighted by Crippen LogP contribution is 2.28. The quantitative estimate of drug-likeness (QED) is 0.856. The Hall–Kier alpha value is -0.870. The van der Waals surface area contributed by atoms with Gasteiger partial charge in [-0.25, -0.2) is 0 Å². The van der Waals surface area contributed by atoms with Crippen molar-refractivity contribution in [1.29, 1.82) is 0 Å². The number of anilines is 1. The molecule has 1 heterocycles. The first-order chi connectivity index (χ1) is 8.16. The van der Waals surface area contributed by atoms with Crippen LogP contribution < -0.4 is 5.32 Å². The summed E-state index contributed by atoms with van der Waals surface area (Å²) in [5.41, 5.74) is 2.09. The van der Waals surface area contributed by atoms with Crippen molar-refractivity contribution < 1.29 is 0 Å². The predicted octanol–water partition coefficient (Wildman–Crippen LogP) is 4.78. The number of benzene rings is 1. The molecule has 4 heteroatoms. The van der Waals surface area contributed by atoms with Gasteiger partial charge in [0.05, 0.1) is 11.7 Å². The Balaban J connectivity index is 2.16. The summed E-state index contributed by atoms with van der Waals surface area (Å²) in [6.45, 7) is 2.09. The standard InChI is InChI=1S/C13H12Br2N2/c1-9(12-4-2-3-7-16-12)17-13-6-5-10(14)8-11(13)15/h2-9,17H,1H3. The largest absolute Gasteiger partial charge is 0.376 e. The van der Waals surface area contributed by atoms with Crippen LogP contribution in [0.15, 0.2) is 51.5 Å². The van der Waals surface area contributed by atoms with E-state index in [0.29, 0.717) is 0 Å². The van der Waals surface area contributed by atoms with Gasteiger partial charge in [0, 0.05) is 20.8 Å². The van der Waals surface area contributed by atoms with E-state index in [1.807, 2.05) is 42.6 Å². The Bertz CT molecular complexity index is 500. The molecule has 0 aliphatic rings. The summed E-state index contributed by atoms with van der Waals surface area (Å²) in [5, 5.41) is 3.42. The Morgan fingerprint density at radius 3 is 2.65 bits per heavy atom. The average molecular weight is 356 g/mol. The second kappa shape index (κ2) is 5.65. The summed E-state index contributed by atoms with van der Waals surface area (Å²) in [4.78, 5) is 4.33. The first-order valence-corrected chi connectivity index (χ1v) is 6.88. The fraction of sp³-hybridized carbons (Fsp3) is 0.154. The average Bonchev–Trinajstić information content (AvgIpc) is 2.34. The lowest BCUT2D eigenvalue weighted by atomic mass is 10.2. The summed E-state index contributed by atoms with van der Waals surface area (Å²) in [7, 11) is 0. The summed E-state index contributed by atoms with van der Waals surface area (Å²) in [5.74, 6) is 0. The van der Waals surface area contributed by atoms with E-state index in [1.54, 1.807) is 0 Å². The Kier molecular flexibility index (Phi) is 4.18. The number of hydrogen-bond acceptors (Lipinski definition) is 2. The molecule has 1 aromatic heterocycles. The number of pyridine rings is 1. The van der Waals surface area contributed by atoms with Gasteiger partial charge in [0.15, 0.2) is 0 Å². The van der Waals surface area contributed by atoms with Crippen molar-refractivity contribution in [2.75, 3.05) is 5.32 Å². The molecule has 0 spiro atoms. The minimum atomic E-state index is 0.175. The smallest absolute Gasteiger partial charge is 0.0657 e. The monoisotopic (exact) mass is 354 g/mol. The molecule has 0 radical (unpaired) electrons. The topological polar surface area (TPSA) is 24.9 Å². The van der Waals surface area contributed by atoms with Gasteiger partial charge in [0.1, 0.15) is 0 Å². The number of aromatic nitrogens is 1. The maximum absolute atomic E-state index is 4.33. The zero-order valence-corrected chi connectivity index (χ0v) is 12.5. The van der Waals surface area contributed by atoms with Crippen molar-refractivity contribution >= 4 is 37.5 Å². The van der Waals surface area contributed by atoms with Crippen molar-refractivity contribution in [3.8, 4) is 0 Å². The van der Waals surface area contributed by atoms with Crippen molar-refractivity contribution in [1.82, 2.24) is 4.98 Å². The highest BCUT2D eigenvalue weighted by molar-refractivity contribution is 9.11. The van der Waals surface area contributed by atoms with Gasteiger partial charge in [-0.1, -0.05) is 22.0 Å². The number of hydrogen-bond donors (Lipinski definition) is 1. The van der Waals surface area contributed by atoms with Gasteiger partial charge in [0.25, 0.3) is 0 Å². The molecule has 0 saturated heterocycles. The van der Waals surface area contributed by atoms with Gasteiger partial charge in [-0.15, -0.1) is 0 Å². The fourth-order valence-electron chi connectivity index (χ4n) is 1.55. The molecular formula is C13H12Br2N2. The minimum Gasteiger partial charge on any atom is -0.376 e. The van der Waals surface area contributed by atoms with E-state index < -0.39 is 0 Å². The van der Waals surface area contributed by atoms with Crippen LogP contribution in [0, 0.1) is 0 Å². The lowest BCUT2D eigenvalue weighted by molar-refractivity contribution is 0.838. The van der Waals surface area contributed by atoms with Gasteiger partial charge < -0.3 is 5.32 Å². The highest BCUT2D eigenvalue weighted by atomic mass is 79.9. The van der Waals surface area contributed by atoms with Crippen LogP contribution in [0.4, 0.5) is 5.69 Å². The van der Waals surface area contributed by atoms with Gasteiger partial charge in [0.2, 0.25) is 0 Å². The third-order valence-electron chi connectivity index (χ3n) is 2.43. The normalized spacial score (nSPS) is 12.2. The number of nitrogens with one attached hydrogen (secondary N) is 1. The molecule has 2 rings (SSSR count). The molecule has 88 valence electrons. The van der Waals surface area contributed by atoms with Crippen LogP contribution in [0.2, 0.25) is 0 Å². The molecule has 2 aromatic rings. The van der Waals surface area contributed by atoms with Gasteiger partial charge in [-0.3, -0.25) is 4.98 Å². The molecule has 1 N–H and O–H groups in total. The lowest BCUT2D eigenvalue weighted by Crippen LogP contribution is -2.08. The van der Waals surface area contributed by atoms with Crippen LogP contribution in [-0.2, 0) is 0 Å². The molecule has 1 aromatic carbocycles. The molecule has 0 aliphatic carbocycles. The molecular weight excluding hydrogens is 344 g/mol. The zero-order chi connectivity index (χ0) is 12.3. The van der Waals surface area contributed by atoms with E-state index in [1.165, 1.54) is 0 Å². The number of nitrogens with zero attached hydrogens (tertiary/aromatic N) is 1. The van der Waals surface area contributed by atoms with E-state index >= 15 is 0 Å². The SMILES string of the molecule is CC(Nc1ccc(Br)cc1Br)c1ccccn1. The van der Waals surface area contributed by atoms with E-state index in [9.17, 15) is 0 Å². The number of rotatable bonds is 3. The first kappa shape index (κ1) is 12.6. The maximum Gasteiger partial charge on any atom is 0.0657 e. The fourth-order valence-corrected chi connectivity index (χ4v) is 2.71. The Labute approximate surface area is 118 Å². The van der Waals surface area contributed by atoms with Gasteiger partial charge in [-0.2, -0.15) is 0 Å². The Morgan fingerprint density at radius 2 is 2.00 bits per heavy atom. The second-order valence-corrected chi connectivity index (χ2v) is 5.51. The van der Waals surface area contributed by atoms with E-state index in [0.717, 1.165) is 20.3 Å². The van der Waals surface area contributed by atoms with Crippen molar-refractivity contribution in [2.24, 2.45) is 0 Å². The molecule has 0 amide bonds. The van der Waals surface area contributed by atoms with Crippen LogP contribution in [0.25, 0.3) is 0 Å². The van der Waals surface area contributed by atoms with Gasteiger partial charge >= 0.3 is 0 Å². The number of halogens is 2. The zero-order valence-electron chi connectivity index (χ0n) is 9.32. The summed E-state index contributed by atoms with van der Waals surface area (Å²) >= 11 is 6.97. The van der Waals surface area contributed by atoms with E-state index in [4.69, 9.17) is 0 Å². The van der Waals surface area contributed by atoms with Gasteiger partial charge in [-0.05, 0) is 53.2 Å². The Morgan fingerprint density at radius 1 is 1.18 bits per heavy atom. The molecule has 1 unspecified atom stereocenters. The first-order valence-electron chi connectivity index (χ1n) is 5.29. The molecule has 0 bridgehead atoms. The molecule has 0 fully saturated rings. The molecule has 0 aliphatic heterocycles. The summed E-state index contributed by atoms with van der Waals surface area (Å²) < 4.78 is 2.09. The maximum atomic E-state index is 4.33. The van der Waals surface area contributed by atoms with E-state index in [2.05, 4.69) is 49.1 Å².